The number of sulfonamides is 1. The maximum Gasteiger partial charge on any atom is 0.263 e. The number of hydrogen-bond acceptors (Lipinski definition) is 4. The zero-order valence-electron chi connectivity index (χ0n) is 21.0. The Morgan fingerprint density at radius 1 is 0.744 bits per heavy atom. The van der Waals surface area contributed by atoms with E-state index in [1.165, 1.54) is 23.3 Å². The molecule has 0 aromatic heterocycles. The predicted octanol–water partition coefficient (Wildman–Crippen LogP) is 6.34. The maximum absolute atomic E-state index is 13.4. The second kappa shape index (κ2) is 11.8. The van der Waals surface area contributed by atoms with E-state index in [1.54, 1.807) is 35.2 Å². The molecule has 200 valence electrons. The number of piperazine rings is 1. The zero-order valence-corrected chi connectivity index (χ0v) is 23.3. The number of amides is 1. The van der Waals surface area contributed by atoms with Gasteiger partial charge in [-0.1, -0.05) is 83.9 Å². The number of hydrogen-bond donors (Lipinski definition) is 1. The third kappa shape index (κ3) is 6.28. The van der Waals surface area contributed by atoms with Crippen molar-refractivity contribution < 1.29 is 13.2 Å². The van der Waals surface area contributed by atoms with E-state index in [2.05, 4.69) is 33.9 Å². The van der Waals surface area contributed by atoms with Gasteiger partial charge in [0.1, 0.15) is 4.90 Å². The van der Waals surface area contributed by atoms with E-state index < -0.39 is 10.0 Å². The minimum atomic E-state index is -4.03. The van der Waals surface area contributed by atoms with Crippen molar-refractivity contribution in [3.05, 3.63) is 130 Å². The SMILES string of the molecule is O=C(c1ccc(Cl)c(S(=O)(=O)Nc2ccc(Cl)cc2)c1)N1CCN(C(c2ccccc2)c2ccccc2)CC1. The Hall–Kier alpha value is -3.36. The largest absolute Gasteiger partial charge is 0.336 e. The topological polar surface area (TPSA) is 69.7 Å². The first-order valence-corrected chi connectivity index (χ1v) is 14.8. The lowest BCUT2D eigenvalue weighted by molar-refractivity contribution is 0.0597. The molecule has 0 bridgehead atoms. The van der Waals surface area contributed by atoms with Crippen molar-refractivity contribution in [2.24, 2.45) is 0 Å². The van der Waals surface area contributed by atoms with Crippen molar-refractivity contribution in [1.82, 2.24) is 9.80 Å². The summed E-state index contributed by atoms with van der Waals surface area (Å²) in [7, 11) is -4.03. The van der Waals surface area contributed by atoms with Gasteiger partial charge in [-0.15, -0.1) is 0 Å². The maximum atomic E-state index is 13.4. The van der Waals surface area contributed by atoms with Crippen LogP contribution in [0.25, 0.3) is 0 Å². The summed E-state index contributed by atoms with van der Waals surface area (Å²) in [6.45, 7) is 2.39. The summed E-state index contributed by atoms with van der Waals surface area (Å²) >= 11 is 12.2. The summed E-state index contributed by atoms with van der Waals surface area (Å²) in [6, 6.07) is 31.4. The van der Waals surface area contributed by atoms with Gasteiger partial charge in [-0.2, -0.15) is 0 Å². The number of rotatable bonds is 7. The Labute approximate surface area is 238 Å². The van der Waals surface area contributed by atoms with Gasteiger partial charge in [0, 0.05) is 42.5 Å². The first kappa shape index (κ1) is 27.2. The molecule has 0 aliphatic carbocycles. The molecule has 1 saturated heterocycles. The molecule has 1 heterocycles. The Bertz CT molecular complexity index is 1500. The van der Waals surface area contributed by atoms with Crippen LogP contribution in [0.3, 0.4) is 0 Å². The summed E-state index contributed by atoms with van der Waals surface area (Å²) in [4.78, 5) is 17.4. The van der Waals surface area contributed by atoms with Crippen LogP contribution in [0.4, 0.5) is 5.69 Å². The quantitative estimate of drug-likeness (QED) is 0.277. The second-order valence-corrected chi connectivity index (χ2v) is 11.8. The fourth-order valence-electron chi connectivity index (χ4n) is 4.82. The van der Waals surface area contributed by atoms with Crippen molar-refractivity contribution in [1.29, 1.82) is 0 Å². The molecule has 1 aliphatic heterocycles. The van der Waals surface area contributed by atoms with Crippen LogP contribution >= 0.6 is 23.2 Å². The van der Waals surface area contributed by atoms with E-state index in [0.29, 0.717) is 36.9 Å². The van der Waals surface area contributed by atoms with Crippen LogP contribution in [0, 0.1) is 0 Å². The van der Waals surface area contributed by atoms with Gasteiger partial charge < -0.3 is 4.90 Å². The minimum Gasteiger partial charge on any atom is -0.336 e. The van der Waals surface area contributed by atoms with E-state index in [1.807, 2.05) is 36.4 Å². The van der Waals surface area contributed by atoms with Gasteiger partial charge >= 0.3 is 0 Å². The Balaban J connectivity index is 1.32. The van der Waals surface area contributed by atoms with Crippen molar-refractivity contribution in [3.63, 3.8) is 0 Å². The molecule has 5 rings (SSSR count). The number of carbonyl (C=O) groups is 1. The molecule has 0 saturated carbocycles. The summed E-state index contributed by atoms with van der Waals surface area (Å²) < 4.78 is 28.7. The highest BCUT2D eigenvalue weighted by molar-refractivity contribution is 7.92. The Morgan fingerprint density at radius 3 is 1.87 bits per heavy atom. The van der Waals surface area contributed by atoms with Gasteiger partial charge in [-0.25, -0.2) is 8.42 Å². The summed E-state index contributed by atoms with van der Waals surface area (Å²) in [6.07, 6.45) is 0. The molecule has 4 aromatic carbocycles. The van der Waals surface area contributed by atoms with Crippen molar-refractivity contribution in [2.45, 2.75) is 10.9 Å². The lowest BCUT2D eigenvalue weighted by Crippen LogP contribution is -2.49. The highest BCUT2D eigenvalue weighted by atomic mass is 35.5. The van der Waals surface area contributed by atoms with Gasteiger partial charge in [0.2, 0.25) is 0 Å². The fraction of sp³-hybridized carbons (Fsp3) is 0.167. The molecule has 1 amide bonds. The molecule has 1 aliphatic rings. The van der Waals surface area contributed by atoms with Crippen LogP contribution in [-0.4, -0.2) is 50.3 Å². The summed E-state index contributed by atoms with van der Waals surface area (Å²) in [5, 5.41) is 0.522. The van der Waals surface area contributed by atoms with Crippen LogP contribution < -0.4 is 4.72 Å². The standard InChI is InChI=1S/C30H27Cl2N3O3S/c31-25-12-14-26(15-13-25)33-39(37,38)28-21-24(11-16-27(28)32)30(36)35-19-17-34(18-20-35)29(22-7-3-1-4-8-22)23-9-5-2-6-10-23/h1-16,21,29,33H,17-20H2. The van der Waals surface area contributed by atoms with E-state index in [9.17, 15) is 13.2 Å². The molecule has 6 nitrogen and oxygen atoms in total. The number of carbonyl (C=O) groups excluding carboxylic acids is 1. The van der Waals surface area contributed by atoms with Crippen molar-refractivity contribution >= 4 is 44.8 Å². The number of anilines is 1. The average Bonchev–Trinajstić information content (AvgIpc) is 2.96. The predicted molar refractivity (Wildman–Crippen MR) is 156 cm³/mol. The molecule has 0 atom stereocenters. The molecule has 0 unspecified atom stereocenters. The van der Waals surface area contributed by atoms with E-state index in [4.69, 9.17) is 23.2 Å². The molecule has 0 spiro atoms. The average molecular weight is 581 g/mol. The van der Waals surface area contributed by atoms with Crippen LogP contribution in [0.2, 0.25) is 10.0 Å². The molecule has 39 heavy (non-hydrogen) atoms. The monoisotopic (exact) mass is 579 g/mol. The third-order valence-electron chi connectivity index (χ3n) is 6.76. The number of halogens is 2. The minimum absolute atomic E-state index is 0.0337. The molecule has 4 aromatic rings. The van der Waals surface area contributed by atoms with E-state index >= 15 is 0 Å². The van der Waals surface area contributed by atoms with Gasteiger partial charge in [0.15, 0.2) is 0 Å². The van der Waals surface area contributed by atoms with Crippen LogP contribution in [0.15, 0.2) is 108 Å². The molecular weight excluding hydrogens is 553 g/mol. The van der Waals surface area contributed by atoms with E-state index in [0.717, 1.165) is 0 Å². The lowest BCUT2D eigenvalue weighted by atomic mass is 9.96. The van der Waals surface area contributed by atoms with Crippen LogP contribution in [-0.2, 0) is 10.0 Å². The number of nitrogens with zero attached hydrogens (tertiary/aromatic N) is 2. The molecular formula is C30H27Cl2N3O3S. The Kier molecular flexibility index (Phi) is 8.23. The number of benzene rings is 4. The van der Waals surface area contributed by atoms with Gasteiger partial charge in [-0.05, 0) is 53.6 Å². The fourth-order valence-corrected chi connectivity index (χ4v) is 6.53. The van der Waals surface area contributed by atoms with Gasteiger partial charge in [-0.3, -0.25) is 14.4 Å². The molecule has 1 N–H and O–H groups in total. The summed E-state index contributed by atoms with van der Waals surface area (Å²) in [5.74, 6) is -0.231. The van der Waals surface area contributed by atoms with Crippen molar-refractivity contribution in [2.75, 3.05) is 30.9 Å². The van der Waals surface area contributed by atoms with Gasteiger partial charge in [0.25, 0.3) is 15.9 Å². The van der Waals surface area contributed by atoms with Crippen molar-refractivity contribution in [3.8, 4) is 0 Å². The molecule has 9 heteroatoms. The van der Waals surface area contributed by atoms with Gasteiger partial charge in [0.05, 0.1) is 11.1 Å². The van der Waals surface area contributed by atoms with E-state index in [-0.39, 0.29) is 27.4 Å². The van der Waals surface area contributed by atoms with Crippen LogP contribution in [0.5, 0.6) is 0 Å². The lowest BCUT2D eigenvalue weighted by Gasteiger charge is -2.39. The zero-order chi connectivity index (χ0) is 27.4. The van der Waals surface area contributed by atoms with Crippen LogP contribution in [0.1, 0.15) is 27.5 Å². The highest BCUT2D eigenvalue weighted by Crippen LogP contribution is 2.30. The summed E-state index contributed by atoms with van der Waals surface area (Å²) in [5.41, 5.74) is 3.01. The normalized spacial score (nSPS) is 14.4. The first-order valence-electron chi connectivity index (χ1n) is 12.5. The molecule has 1 fully saturated rings. The first-order chi connectivity index (χ1) is 18.8. The third-order valence-corrected chi connectivity index (χ3v) is 8.88. The second-order valence-electron chi connectivity index (χ2n) is 9.31. The Morgan fingerprint density at radius 2 is 1.31 bits per heavy atom. The number of nitrogens with one attached hydrogen (secondary N) is 1. The smallest absolute Gasteiger partial charge is 0.263 e. The highest BCUT2D eigenvalue weighted by Gasteiger charge is 2.29. The molecule has 0 radical (unpaired) electrons.